The third-order valence-corrected chi connectivity index (χ3v) is 3.61. The van der Waals surface area contributed by atoms with Gasteiger partial charge in [0.1, 0.15) is 0 Å². The van der Waals surface area contributed by atoms with Crippen LogP contribution < -0.4 is 5.32 Å². The van der Waals surface area contributed by atoms with Crippen LogP contribution in [0.2, 0.25) is 0 Å². The van der Waals surface area contributed by atoms with Gasteiger partial charge in [0.25, 0.3) is 6.47 Å². The minimum Gasteiger partial charge on any atom is -0.483 e. The minimum atomic E-state index is -0.490. The molecular formula is C15H29N3O5. The van der Waals surface area contributed by atoms with Gasteiger partial charge >= 0.3 is 0 Å². The molecule has 3 N–H and O–H groups in total. The van der Waals surface area contributed by atoms with E-state index < -0.39 is 6.10 Å². The van der Waals surface area contributed by atoms with Gasteiger partial charge in [-0.15, -0.1) is 0 Å². The van der Waals surface area contributed by atoms with Gasteiger partial charge in [-0.05, 0) is 20.5 Å². The number of hydrogen-bond donors (Lipinski definition) is 3. The van der Waals surface area contributed by atoms with Gasteiger partial charge in [0.15, 0.2) is 0 Å². The molecule has 0 radical (unpaired) electrons. The highest BCUT2D eigenvalue weighted by atomic mass is 16.3. The molecule has 0 unspecified atom stereocenters. The van der Waals surface area contributed by atoms with Crippen LogP contribution in [-0.2, 0) is 14.4 Å². The number of carbonyl (C=O) groups excluding carboxylic acids is 2. The smallest absolute Gasteiger partial charge is 0.290 e. The first kappa shape index (κ1) is 21.3. The van der Waals surface area contributed by atoms with Crippen molar-refractivity contribution in [2.45, 2.75) is 26.4 Å². The quantitative estimate of drug-likeness (QED) is 0.571. The van der Waals surface area contributed by atoms with E-state index in [4.69, 9.17) is 9.90 Å². The molecule has 1 fully saturated rings. The zero-order chi connectivity index (χ0) is 18.0. The van der Waals surface area contributed by atoms with Crippen LogP contribution in [0.3, 0.4) is 0 Å². The number of aliphatic hydroxyl groups is 1. The van der Waals surface area contributed by atoms with Gasteiger partial charge in [0.2, 0.25) is 11.8 Å². The average molecular weight is 331 g/mol. The number of hydrogen-bond acceptors (Lipinski definition) is 5. The van der Waals surface area contributed by atoms with Crippen molar-refractivity contribution in [1.82, 2.24) is 15.1 Å². The molecular weight excluding hydrogens is 302 g/mol. The molecule has 2 atom stereocenters. The molecule has 0 saturated carbocycles. The molecule has 0 spiro atoms. The van der Waals surface area contributed by atoms with Crippen molar-refractivity contribution < 1.29 is 24.6 Å². The number of β-amino-alcohol motifs (C(OH)–C–C–N with tert-alkyl or cyclic N) is 1. The number of carboxylic acid groups (broad SMARTS) is 1. The van der Waals surface area contributed by atoms with Gasteiger partial charge in [-0.3, -0.25) is 14.4 Å². The molecule has 2 amide bonds. The lowest BCUT2D eigenvalue weighted by Crippen LogP contribution is -2.51. The molecule has 1 aliphatic heterocycles. The number of carbonyl (C=O) groups is 3. The van der Waals surface area contributed by atoms with Gasteiger partial charge in [-0.1, -0.05) is 13.8 Å². The van der Waals surface area contributed by atoms with E-state index in [1.807, 2.05) is 19.0 Å². The molecule has 0 bridgehead atoms. The van der Waals surface area contributed by atoms with Crippen LogP contribution in [0.5, 0.6) is 0 Å². The molecule has 0 aliphatic carbocycles. The second-order valence-electron chi connectivity index (χ2n) is 6.20. The van der Waals surface area contributed by atoms with Crippen molar-refractivity contribution in [3.05, 3.63) is 0 Å². The number of amides is 2. The Balaban J connectivity index is 0.00000149. The molecule has 8 heteroatoms. The Morgan fingerprint density at radius 2 is 1.96 bits per heavy atom. The Morgan fingerprint density at radius 1 is 1.39 bits per heavy atom. The molecule has 1 saturated heterocycles. The monoisotopic (exact) mass is 331 g/mol. The normalized spacial score (nSPS) is 20.7. The van der Waals surface area contributed by atoms with E-state index in [-0.39, 0.29) is 36.7 Å². The Hall–Kier alpha value is -1.67. The molecule has 0 aromatic rings. The summed E-state index contributed by atoms with van der Waals surface area (Å²) in [6.45, 7) is 5.17. The summed E-state index contributed by atoms with van der Waals surface area (Å²) in [6, 6.07) is 0. The van der Waals surface area contributed by atoms with Crippen LogP contribution >= 0.6 is 0 Å². The highest BCUT2D eigenvalue weighted by Gasteiger charge is 2.30. The molecule has 0 aromatic heterocycles. The summed E-state index contributed by atoms with van der Waals surface area (Å²) in [7, 11) is 3.96. The highest BCUT2D eigenvalue weighted by molar-refractivity contribution is 5.85. The van der Waals surface area contributed by atoms with Crippen LogP contribution in [0.25, 0.3) is 0 Å². The summed E-state index contributed by atoms with van der Waals surface area (Å²) < 4.78 is 0. The number of aliphatic hydroxyl groups excluding tert-OH is 1. The second-order valence-corrected chi connectivity index (χ2v) is 6.20. The highest BCUT2D eigenvalue weighted by Crippen LogP contribution is 2.18. The van der Waals surface area contributed by atoms with Gasteiger partial charge in [-0.25, -0.2) is 0 Å². The fourth-order valence-corrected chi connectivity index (χ4v) is 2.37. The van der Waals surface area contributed by atoms with Crippen molar-refractivity contribution >= 4 is 18.3 Å². The lowest BCUT2D eigenvalue weighted by molar-refractivity contribution is -0.137. The van der Waals surface area contributed by atoms with Crippen molar-refractivity contribution in [2.75, 3.05) is 40.3 Å². The molecule has 0 aromatic carbocycles. The summed E-state index contributed by atoms with van der Waals surface area (Å²) in [5.74, 6) is -0.165. The van der Waals surface area contributed by atoms with Crippen LogP contribution in [0.15, 0.2) is 0 Å². The standard InChI is InChI=1S/C14H27N3O3.CH2O2/c1-10(2)14(20)15-7-13(19)17-6-5-11(8-16(3)4)12(18)9-17;2-1-3/h10-12,18H,5-9H2,1-4H3,(H,15,20);1H,(H,2,3)/t11-,12+;/m0./s1. The lowest BCUT2D eigenvalue weighted by atomic mass is 9.93. The van der Waals surface area contributed by atoms with Crippen molar-refractivity contribution in [3.63, 3.8) is 0 Å². The molecule has 1 aliphatic rings. The first-order chi connectivity index (χ1) is 10.7. The summed E-state index contributed by atoms with van der Waals surface area (Å²) in [6.07, 6.45) is 0.305. The SMILES string of the molecule is CC(C)C(=O)NCC(=O)N1CC[C@@H](CN(C)C)[C@H](O)C1.O=CO. The number of rotatable bonds is 5. The Kier molecular flexibility index (Phi) is 10.2. The first-order valence-corrected chi connectivity index (χ1v) is 7.69. The molecule has 23 heavy (non-hydrogen) atoms. The lowest BCUT2D eigenvalue weighted by Gasteiger charge is -2.37. The summed E-state index contributed by atoms with van der Waals surface area (Å²) >= 11 is 0. The Morgan fingerprint density at radius 3 is 2.39 bits per heavy atom. The minimum absolute atomic E-state index is 0.0160. The van der Waals surface area contributed by atoms with Gasteiger partial charge in [0, 0.05) is 31.5 Å². The molecule has 8 nitrogen and oxygen atoms in total. The topological polar surface area (TPSA) is 110 Å². The Labute approximate surface area is 137 Å². The maximum atomic E-state index is 12.0. The third-order valence-electron chi connectivity index (χ3n) is 3.61. The molecule has 1 heterocycles. The van der Waals surface area contributed by atoms with Gasteiger partial charge in [0.05, 0.1) is 12.6 Å². The second kappa shape index (κ2) is 11.0. The van der Waals surface area contributed by atoms with E-state index in [0.29, 0.717) is 13.1 Å². The van der Waals surface area contributed by atoms with Gasteiger partial charge < -0.3 is 25.3 Å². The number of likely N-dealkylation sites (tertiary alicyclic amines) is 1. The number of piperidine rings is 1. The van der Waals surface area contributed by atoms with Gasteiger partial charge in [-0.2, -0.15) is 0 Å². The van der Waals surface area contributed by atoms with Crippen LogP contribution in [0, 0.1) is 11.8 Å². The zero-order valence-electron chi connectivity index (χ0n) is 14.4. The van der Waals surface area contributed by atoms with E-state index >= 15 is 0 Å². The van der Waals surface area contributed by atoms with Crippen LogP contribution in [0.4, 0.5) is 0 Å². The van der Waals surface area contributed by atoms with Crippen molar-refractivity contribution in [2.24, 2.45) is 11.8 Å². The third kappa shape index (κ3) is 8.51. The summed E-state index contributed by atoms with van der Waals surface area (Å²) in [4.78, 5) is 35.5. The predicted octanol–water partition coefficient (Wildman–Crippen LogP) is -0.770. The zero-order valence-corrected chi connectivity index (χ0v) is 14.4. The van der Waals surface area contributed by atoms with Crippen molar-refractivity contribution in [3.8, 4) is 0 Å². The summed E-state index contributed by atoms with van der Waals surface area (Å²) in [5.41, 5.74) is 0. The van der Waals surface area contributed by atoms with Crippen molar-refractivity contribution in [1.29, 1.82) is 0 Å². The van der Waals surface area contributed by atoms with E-state index in [0.717, 1.165) is 13.0 Å². The fourth-order valence-electron chi connectivity index (χ4n) is 2.37. The maximum absolute atomic E-state index is 12.0. The maximum Gasteiger partial charge on any atom is 0.290 e. The number of nitrogens with one attached hydrogen (secondary N) is 1. The van der Waals surface area contributed by atoms with E-state index in [1.165, 1.54) is 0 Å². The predicted molar refractivity (Wildman–Crippen MR) is 85.8 cm³/mol. The average Bonchev–Trinajstić information content (AvgIpc) is 2.46. The van der Waals surface area contributed by atoms with E-state index in [9.17, 15) is 14.7 Å². The summed E-state index contributed by atoms with van der Waals surface area (Å²) in [5, 5.41) is 19.6. The molecule has 1 rings (SSSR count). The van der Waals surface area contributed by atoms with E-state index in [2.05, 4.69) is 5.32 Å². The first-order valence-electron chi connectivity index (χ1n) is 7.69. The fraction of sp³-hybridized carbons (Fsp3) is 0.800. The van der Waals surface area contributed by atoms with E-state index in [1.54, 1.807) is 18.7 Å². The molecule has 134 valence electrons. The largest absolute Gasteiger partial charge is 0.483 e. The van der Waals surface area contributed by atoms with Crippen LogP contribution in [-0.4, -0.2) is 84.7 Å². The van der Waals surface area contributed by atoms with Crippen LogP contribution in [0.1, 0.15) is 20.3 Å². The Bertz CT molecular complexity index is 387. The number of nitrogens with zero attached hydrogens (tertiary/aromatic N) is 2.